The summed E-state index contributed by atoms with van der Waals surface area (Å²) in [4.78, 5) is 37.6. The summed E-state index contributed by atoms with van der Waals surface area (Å²) in [5, 5.41) is 14.0. The van der Waals surface area contributed by atoms with Crippen molar-refractivity contribution in [2.75, 3.05) is 5.32 Å². The summed E-state index contributed by atoms with van der Waals surface area (Å²) in [5.74, 6) is -0.660. The molecule has 3 rings (SSSR count). The highest BCUT2D eigenvalue weighted by Gasteiger charge is 2.36. The lowest BCUT2D eigenvalue weighted by atomic mass is 9.87. The molecule has 118 valence electrons. The van der Waals surface area contributed by atoms with Gasteiger partial charge >= 0.3 is 5.69 Å². The Labute approximate surface area is 130 Å². The fourth-order valence-corrected chi connectivity index (χ4v) is 2.65. The zero-order valence-corrected chi connectivity index (χ0v) is 12.5. The first-order valence-electron chi connectivity index (χ1n) is 6.91. The van der Waals surface area contributed by atoms with Gasteiger partial charge < -0.3 is 5.32 Å². The number of fused-ring (bicyclic) bond motifs is 1. The Kier molecular flexibility index (Phi) is 3.36. The topological polar surface area (TPSA) is 110 Å². The van der Waals surface area contributed by atoms with Crippen LogP contribution < -0.4 is 16.6 Å². The molecule has 1 aromatic heterocycles. The number of aromatic nitrogens is 2. The summed E-state index contributed by atoms with van der Waals surface area (Å²) >= 11 is 0. The average Bonchev–Trinajstić information content (AvgIpc) is 2.52. The maximum absolute atomic E-state index is 12.5. The first-order valence-corrected chi connectivity index (χ1v) is 6.91. The lowest BCUT2D eigenvalue weighted by molar-refractivity contribution is -0.429. The summed E-state index contributed by atoms with van der Waals surface area (Å²) in [6.07, 6.45) is 1.21. The van der Waals surface area contributed by atoms with E-state index in [9.17, 15) is 19.7 Å². The van der Waals surface area contributed by atoms with E-state index in [2.05, 4.69) is 10.3 Å². The van der Waals surface area contributed by atoms with Crippen LogP contribution in [0.4, 0.5) is 5.82 Å². The van der Waals surface area contributed by atoms with Crippen LogP contribution in [0, 0.1) is 17.0 Å². The molecule has 0 saturated heterocycles. The number of nitro groups is 1. The van der Waals surface area contributed by atoms with E-state index in [0.29, 0.717) is 5.56 Å². The highest BCUT2D eigenvalue weighted by atomic mass is 16.6. The first kappa shape index (κ1) is 14.8. The summed E-state index contributed by atoms with van der Waals surface area (Å²) in [6, 6.07) is 7.14. The van der Waals surface area contributed by atoms with Crippen molar-refractivity contribution in [2.24, 2.45) is 7.05 Å². The van der Waals surface area contributed by atoms with Crippen molar-refractivity contribution >= 4 is 5.82 Å². The van der Waals surface area contributed by atoms with E-state index >= 15 is 0 Å². The van der Waals surface area contributed by atoms with Crippen molar-refractivity contribution in [3.8, 4) is 0 Å². The van der Waals surface area contributed by atoms with Gasteiger partial charge in [-0.15, -0.1) is 0 Å². The molecule has 1 unspecified atom stereocenters. The summed E-state index contributed by atoms with van der Waals surface area (Å²) in [7, 11) is 1.33. The van der Waals surface area contributed by atoms with Crippen LogP contribution >= 0.6 is 0 Å². The fourth-order valence-electron chi connectivity index (χ4n) is 2.65. The maximum Gasteiger partial charge on any atom is 0.329 e. The number of hydrogen-bond acceptors (Lipinski definition) is 5. The molecule has 0 aliphatic carbocycles. The van der Waals surface area contributed by atoms with E-state index in [1.165, 1.54) is 13.2 Å². The lowest BCUT2D eigenvalue weighted by Crippen LogP contribution is -2.39. The quantitative estimate of drug-likeness (QED) is 0.636. The van der Waals surface area contributed by atoms with Gasteiger partial charge in [-0.05, 0) is 12.5 Å². The van der Waals surface area contributed by atoms with Crippen LogP contribution in [0.1, 0.15) is 22.6 Å². The molecule has 0 radical (unpaired) electrons. The molecule has 2 heterocycles. The third-order valence-corrected chi connectivity index (χ3v) is 3.91. The molecule has 0 amide bonds. The molecule has 0 spiro atoms. The molecule has 0 bridgehead atoms. The zero-order valence-electron chi connectivity index (χ0n) is 12.5. The minimum absolute atomic E-state index is 0.148. The second-order valence-corrected chi connectivity index (χ2v) is 5.40. The van der Waals surface area contributed by atoms with E-state index in [4.69, 9.17) is 0 Å². The highest BCUT2D eigenvalue weighted by molar-refractivity contribution is 5.57. The lowest BCUT2D eigenvalue weighted by Gasteiger charge is -2.22. The van der Waals surface area contributed by atoms with Crippen LogP contribution in [0.3, 0.4) is 0 Å². The van der Waals surface area contributed by atoms with E-state index < -0.39 is 22.1 Å². The van der Waals surface area contributed by atoms with Gasteiger partial charge in [0.15, 0.2) is 0 Å². The second-order valence-electron chi connectivity index (χ2n) is 5.40. The third-order valence-electron chi connectivity index (χ3n) is 3.91. The van der Waals surface area contributed by atoms with Gasteiger partial charge in [0.1, 0.15) is 11.7 Å². The van der Waals surface area contributed by atoms with Crippen LogP contribution in [0.5, 0.6) is 0 Å². The van der Waals surface area contributed by atoms with Crippen molar-refractivity contribution in [3.63, 3.8) is 0 Å². The number of rotatable bonds is 2. The normalized spacial score (nSPS) is 16.3. The smallest absolute Gasteiger partial charge is 0.329 e. The first-order chi connectivity index (χ1) is 10.9. The third kappa shape index (κ3) is 2.33. The molecule has 0 saturated carbocycles. The van der Waals surface area contributed by atoms with Crippen LogP contribution in [-0.2, 0) is 7.05 Å². The number of allylic oxidation sites excluding steroid dienone is 1. The minimum atomic E-state index is -0.850. The predicted molar refractivity (Wildman–Crippen MR) is 84.0 cm³/mol. The molecule has 2 aromatic rings. The van der Waals surface area contributed by atoms with Gasteiger partial charge in [-0.1, -0.05) is 29.8 Å². The van der Waals surface area contributed by atoms with Gasteiger partial charge in [-0.2, -0.15) is 0 Å². The molecule has 0 fully saturated rings. The number of nitrogens with zero attached hydrogens (tertiary/aromatic N) is 2. The van der Waals surface area contributed by atoms with Gasteiger partial charge in [0.25, 0.3) is 11.3 Å². The molecule has 8 nitrogen and oxygen atoms in total. The van der Waals surface area contributed by atoms with Gasteiger partial charge in [-0.25, -0.2) is 4.79 Å². The van der Waals surface area contributed by atoms with Crippen LogP contribution in [0.25, 0.3) is 0 Å². The highest BCUT2D eigenvalue weighted by Crippen LogP contribution is 2.36. The number of hydrogen-bond donors (Lipinski definition) is 2. The molecule has 1 aromatic carbocycles. The number of aromatic amines is 1. The molecule has 1 atom stereocenters. The number of benzene rings is 1. The Bertz CT molecular complexity index is 937. The largest absolute Gasteiger partial charge is 0.342 e. The Morgan fingerprint density at radius 1 is 1.22 bits per heavy atom. The van der Waals surface area contributed by atoms with E-state index in [0.717, 1.165) is 10.1 Å². The molecular weight excluding hydrogens is 300 g/mol. The van der Waals surface area contributed by atoms with Crippen LogP contribution in [0.15, 0.2) is 45.8 Å². The molecule has 8 heteroatoms. The summed E-state index contributed by atoms with van der Waals surface area (Å²) < 4.78 is 0.907. The molecular formula is C15H14N4O4. The Balaban J connectivity index is 2.31. The van der Waals surface area contributed by atoms with Crippen LogP contribution in [-0.4, -0.2) is 14.5 Å². The predicted octanol–water partition coefficient (Wildman–Crippen LogP) is 1.06. The Hall–Kier alpha value is -3.16. The van der Waals surface area contributed by atoms with Crippen molar-refractivity contribution in [2.45, 2.75) is 12.8 Å². The van der Waals surface area contributed by atoms with Crippen molar-refractivity contribution in [1.82, 2.24) is 9.55 Å². The standard InChI is InChI=1S/C15H14N4O4/c1-8-3-5-9(6-4-8)11-10(19(22)23)7-16-13-12(11)14(20)18(2)15(21)17-13/h3-7,11,16H,1-2H3,(H,17,21). The minimum Gasteiger partial charge on any atom is -0.342 e. The fraction of sp³-hybridized carbons (Fsp3) is 0.200. The SMILES string of the molecule is Cc1ccc(C2C([N+](=O)[O-])=CNc3[nH]c(=O)n(C)c(=O)c32)cc1. The van der Waals surface area contributed by atoms with Crippen molar-refractivity contribution in [1.29, 1.82) is 0 Å². The number of anilines is 1. The van der Waals surface area contributed by atoms with Gasteiger partial charge in [-0.3, -0.25) is 24.5 Å². The molecule has 1 aliphatic rings. The average molecular weight is 314 g/mol. The van der Waals surface area contributed by atoms with Crippen LogP contribution in [0.2, 0.25) is 0 Å². The summed E-state index contributed by atoms with van der Waals surface area (Å²) in [6.45, 7) is 1.90. The maximum atomic E-state index is 12.5. The number of H-pyrrole nitrogens is 1. The molecule has 1 aliphatic heterocycles. The van der Waals surface area contributed by atoms with Crippen molar-refractivity contribution in [3.05, 3.63) is 83.8 Å². The summed E-state index contributed by atoms with van der Waals surface area (Å²) in [5.41, 5.74) is 0.487. The van der Waals surface area contributed by atoms with E-state index in [1.807, 2.05) is 19.1 Å². The van der Waals surface area contributed by atoms with E-state index in [-0.39, 0.29) is 17.1 Å². The van der Waals surface area contributed by atoms with Gasteiger partial charge in [0.05, 0.1) is 16.7 Å². The zero-order chi connectivity index (χ0) is 16.7. The second kappa shape index (κ2) is 5.24. The Morgan fingerprint density at radius 3 is 2.48 bits per heavy atom. The monoisotopic (exact) mass is 314 g/mol. The number of nitrogens with one attached hydrogen (secondary N) is 2. The van der Waals surface area contributed by atoms with Gasteiger partial charge in [0.2, 0.25) is 0 Å². The molecule has 2 N–H and O–H groups in total. The van der Waals surface area contributed by atoms with Crippen molar-refractivity contribution < 1.29 is 4.92 Å². The number of aryl methyl sites for hydroxylation is 1. The van der Waals surface area contributed by atoms with E-state index in [1.54, 1.807) is 12.1 Å². The molecule has 23 heavy (non-hydrogen) atoms. The Morgan fingerprint density at radius 2 is 1.87 bits per heavy atom. The van der Waals surface area contributed by atoms with Gasteiger partial charge in [0, 0.05) is 7.05 Å².